The molecule has 0 spiro atoms. The van der Waals surface area contributed by atoms with Crippen LogP contribution in [-0.4, -0.2) is 17.7 Å². The van der Waals surface area contributed by atoms with Crippen molar-refractivity contribution in [2.45, 2.75) is 33.3 Å². The number of ketones is 2. The van der Waals surface area contributed by atoms with Gasteiger partial charge >= 0.3 is 0 Å². The van der Waals surface area contributed by atoms with Crippen molar-refractivity contribution in [2.75, 3.05) is 0 Å². The zero-order chi connectivity index (χ0) is 13.3. The van der Waals surface area contributed by atoms with Crippen molar-refractivity contribution in [2.24, 2.45) is 0 Å². The Bertz CT molecular complexity index is 538. The molecule has 0 unspecified atom stereocenters. The maximum atomic E-state index is 12.3. The van der Waals surface area contributed by atoms with Crippen molar-refractivity contribution in [1.82, 2.24) is 0 Å². The Balaban J connectivity index is 2.57. The minimum Gasteiger partial charge on any atom is -0.486 e. The van der Waals surface area contributed by atoms with Crippen LogP contribution in [0.3, 0.4) is 0 Å². The molecule has 0 heterocycles. The quantitative estimate of drug-likeness (QED) is 0.820. The number of hydrogen-bond acceptors (Lipinski definition) is 3. The zero-order valence-electron chi connectivity index (χ0n) is 10.8. The van der Waals surface area contributed by atoms with Gasteiger partial charge in [0.15, 0.2) is 11.5 Å². The maximum Gasteiger partial charge on any atom is 0.228 e. The molecule has 0 atom stereocenters. The normalized spacial score (nSPS) is 15.1. The Morgan fingerprint density at radius 1 is 1.06 bits per heavy atom. The third-order valence-electron chi connectivity index (χ3n) is 2.88. The lowest BCUT2D eigenvalue weighted by atomic mass is 9.87. The first-order valence-electron chi connectivity index (χ1n) is 6.14. The van der Waals surface area contributed by atoms with Gasteiger partial charge in [0.25, 0.3) is 0 Å². The number of hydrogen-bond donors (Lipinski definition) is 0. The molecule has 0 saturated carbocycles. The minimum atomic E-state index is -0.184. The van der Waals surface area contributed by atoms with Gasteiger partial charge in [0, 0.05) is 16.7 Å². The molecule has 1 aliphatic carbocycles. The summed E-state index contributed by atoms with van der Waals surface area (Å²) in [5, 5.41) is 0. The first-order valence-corrected chi connectivity index (χ1v) is 6.14. The fraction of sp³-hybridized carbons (Fsp3) is 0.333. The number of fused-ring (bicyclic) bond motifs is 1. The highest BCUT2D eigenvalue weighted by molar-refractivity contribution is 6.26. The molecular weight excluding hydrogens is 228 g/mol. The van der Waals surface area contributed by atoms with Crippen LogP contribution in [0.25, 0.3) is 0 Å². The summed E-state index contributed by atoms with van der Waals surface area (Å²) in [6, 6.07) is 6.89. The smallest absolute Gasteiger partial charge is 0.228 e. The van der Waals surface area contributed by atoms with E-state index >= 15 is 0 Å². The molecule has 0 fully saturated rings. The first-order chi connectivity index (χ1) is 8.56. The van der Waals surface area contributed by atoms with E-state index in [0.29, 0.717) is 23.1 Å². The SMILES string of the molecule is CCC1=C(OC(C)C)C(=O)c2ccccc2C1=O. The van der Waals surface area contributed by atoms with Crippen LogP contribution in [0.15, 0.2) is 35.6 Å². The second-order valence-electron chi connectivity index (χ2n) is 4.53. The van der Waals surface area contributed by atoms with Crippen LogP contribution in [0.1, 0.15) is 47.9 Å². The number of carbonyl (C=O) groups excluding carboxylic acids is 2. The minimum absolute atomic E-state index is 0.0941. The monoisotopic (exact) mass is 244 g/mol. The van der Waals surface area contributed by atoms with E-state index in [-0.39, 0.29) is 23.4 Å². The van der Waals surface area contributed by atoms with Gasteiger partial charge in [-0.3, -0.25) is 9.59 Å². The molecule has 1 aliphatic rings. The number of ether oxygens (including phenoxy) is 1. The molecule has 18 heavy (non-hydrogen) atoms. The third-order valence-corrected chi connectivity index (χ3v) is 2.88. The summed E-state index contributed by atoms with van der Waals surface area (Å²) in [6.45, 7) is 5.55. The molecule has 2 rings (SSSR count). The van der Waals surface area contributed by atoms with Crippen molar-refractivity contribution in [3.8, 4) is 0 Å². The van der Waals surface area contributed by atoms with E-state index in [0.717, 1.165) is 0 Å². The molecule has 3 heteroatoms. The van der Waals surface area contributed by atoms with Crippen LogP contribution in [0.2, 0.25) is 0 Å². The predicted molar refractivity (Wildman–Crippen MR) is 68.6 cm³/mol. The Kier molecular flexibility index (Phi) is 3.32. The molecular formula is C15H16O3. The summed E-state index contributed by atoms with van der Waals surface area (Å²) in [5.41, 5.74) is 1.40. The predicted octanol–water partition coefficient (Wildman–Crippen LogP) is 3.15. The van der Waals surface area contributed by atoms with Crippen molar-refractivity contribution >= 4 is 11.6 Å². The van der Waals surface area contributed by atoms with Crippen LogP contribution in [0, 0.1) is 0 Å². The van der Waals surface area contributed by atoms with Crippen LogP contribution in [0.5, 0.6) is 0 Å². The standard InChI is InChI=1S/C15H16O3/c1-4-10-13(16)11-7-5-6-8-12(11)14(17)15(10)18-9(2)3/h5-9H,4H2,1-3H3. The lowest BCUT2D eigenvalue weighted by Crippen LogP contribution is -2.24. The average molecular weight is 244 g/mol. The van der Waals surface area contributed by atoms with Gasteiger partial charge in [-0.15, -0.1) is 0 Å². The van der Waals surface area contributed by atoms with E-state index in [1.54, 1.807) is 24.3 Å². The molecule has 0 N–H and O–H groups in total. The number of rotatable bonds is 3. The molecule has 0 amide bonds. The topological polar surface area (TPSA) is 43.4 Å². The summed E-state index contributed by atoms with van der Waals surface area (Å²) < 4.78 is 5.54. The highest BCUT2D eigenvalue weighted by Crippen LogP contribution is 2.29. The zero-order valence-corrected chi connectivity index (χ0v) is 10.8. The van der Waals surface area contributed by atoms with Gasteiger partial charge in [-0.2, -0.15) is 0 Å². The maximum absolute atomic E-state index is 12.3. The summed E-state index contributed by atoms with van der Waals surface area (Å²) in [6.07, 6.45) is 0.379. The molecule has 1 aromatic rings. The average Bonchev–Trinajstić information content (AvgIpc) is 2.36. The number of carbonyl (C=O) groups is 2. The van der Waals surface area contributed by atoms with Crippen molar-refractivity contribution in [3.05, 3.63) is 46.7 Å². The number of benzene rings is 1. The van der Waals surface area contributed by atoms with Gasteiger partial charge in [0.05, 0.1) is 6.10 Å². The highest BCUT2D eigenvalue weighted by Gasteiger charge is 2.32. The van der Waals surface area contributed by atoms with Crippen LogP contribution in [0.4, 0.5) is 0 Å². The highest BCUT2D eigenvalue weighted by atomic mass is 16.5. The first kappa shape index (κ1) is 12.6. The summed E-state index contributed by atoms with van der Waals surface area (Å²) in [4.78, 5) is 24.6. The van der Waals surface area contributed by atoms with Crippen molar-refractivity contribution < 1.29 is 14.3 Å². The van der Waals surface area contributed by atoms with E-state index in [1.807, 2.05) is 20.8 Å². The Morgan fingerprint density at radius 3 is 2.11 bits per heavy atom. The largest absolute Gasteiger partial charge is 0.486 e. The van der Waals surface area contributed by atoms with Gasteiger partial charge in [0.2, 0.25) is 5.78 Å². The van der Waals surface area contributed by atoms with E-state index < -0.39 is 0 Å². The molecule has 3 nitrogen and oxygen atoms in total. The molecule has 0 radical (unpaired) electrons. The van der Waals surface area contributed by atoms with Crippen LogP contribution < -0.4 is 0 Å². The van der Waals surface area contributed by atoms with Crippen molar-refractivity contribution in [1.29, 1.82) is 0 Å². The second-order valence-corrected chi connectivity index (χ2v) is 4.53. The Labute approximate surface area is 106 Å². The summed E-state index contributed by atoms with van der Waals surface area (Å²) >= 11 is 0. The number of Topliss-reactive ketones (excluding diaryl/α,β-unsaturated/α-hetero) is 2. The number of allylic oxidation sites excluding steroid dienone is 2. The fourth-order valence-electron chi connectivity index (χ4n) is 2.09. The van der Waals surface area contributed by atoms with Gasteiger partial charge < -0.3 is 4.74 Å². The van der Waals surface area contributed by atoms with Gasteiger partial charge in [-0.05, 0) is 20.3 Å². The fourth-order valence-corrected chi connectivity index (χ4v) is 2.09. The molecule has 0 bridgehead atoms. The van der Waals surface area contributed by atoms with Crippen molar-refractivity contribution in [3.63, 3.8) is 0 Å². The molecule has 0 saturated heterocycles. The lowest BCUT2D eigenvalue weighted by Gasteiger charge is -2.22. The van der Waals surface area contributed by atoms with Gasteiger partial charge in [-0.25, -0.2) is 0 Å². The summed E-state index contributed by atoms with van der Waals surface area (Å²) in [5.74, 6) is -0.0599. The molecule has 0 aliphatic heterocycles. The van der Waals surface area contributed by atoms with Crippen LogP contribution in [-0.2, 0) is 4.74 Å². The summed E-state index contributed by atoms with van der Waals surface area (Å²) in [7, 11) is 0. The molecule has 0 aromatic heterocycles. The lowest BCUT2D eigenvalue weighted by molar-refractivity contribution is 0.0794. The third kappa shape index (κ3) is 1.96. The van der Waals surface area contributed by atoms with E-state index in [1.165, 1.54) is 0 Å². The molecule has 1 aromatic carbocycles. The van der Waals surface area contributed by atoms with E-state index in [9.17, 15) is 9.59 Å². The Morgan fingerprint density at radius 2 is 1.61 bits per heavy atom. The second kappa shape index (κ2) is 4.77. The Hall–Kier alpha value is -1.90. The molecule has 94 valence electrons. The van der Waals surface area contributed by atoms with E-state index in [4.69, 9.17) is 4.74 Å². The van der Waals surface area contributed by atoms with Gasteiger partial charge in [0.1, 0.15) is 0 Å². The van der Waals surface area contributed by atoms with Gasteiger partial charge in [-0.1, -0.05) is 31.2 Å². The van der Waals surface area contributed by atoms with E-state index in [2.05, 4.69) is 0 Å². The van der Waals surface area contributed by atoms with Crippen LogP contribution >= 0.6 is 0 Å².